The SMILES string of the molecule is Cc1cccc(C(C)C)c1NC(=O)CN(CCc1ccccc1)S(C)(=O)=O. The van der Waals surface area contributed by atoms with E-state index >= 15 is 0 Å². The van der Waals surface area contributed by atoms with E-state index in [0.29, 0.717) is 6.42 Å². The van der Waals surface area contributed by atoms with Gasteiger partial charge in [0.15, 0.2) is 0 Å². The summed E-state index contributed by atoms with van der Waals surface area (Å²) in [4.78, 5) is 12.6. The first-order valence-corrected chi connectivity index (χ1v) is 10.9. The van der Waals surface area contributed by atoms with Gasteiger partial charge in [-0.15, -0.1) is 0 Å². The number of rotatable bonds is 8. The van der Waals surface area contributed by atoms with Gasteiger partial charge in [0.2, 0.25) is 15.9 Å². The van der Waals surface area contributed by atoms with Crippen LogP contribution in [0.5, 0.6) is 0 Å². The van der Waals surface area contributed by atoms with Crippen molar-refractivity contribution >= 4 is 21.6 Å². The molecule has 0 atom stereocenters. The number of hydrogen-bond donors (Lipinski definition) is 1. The lowest BCUT2D eigenvalue weighted by Crippen LogP contribution is -2.38. The van der Waals surface area contributed by atoms with Gasteiger partial charge in [0, 0.05) is 12.2 Å². The monoisotopic (exact) mass is 388 g/mol. The minimum absolute atomic E-state index is 0.197. The van der Waals surface area contributed by atoms with Crippen LogP contribution in [0.1, 0.15) is 36.5 Å². The van der Waals surface area contributed by atoms with E-state index in [0.717, 1.165) is 28.6 Å². The van der Waals surface area contributed by atoms with Crippen molar-refractivity contribution in [1.82, 2.24) is 4.31 Å². The maximum Gasteiger partial charge on any atom is 0.239 e. The number of sulfonamides is 1. The molecule has 0 bridgehead atoms. The minimum atomic E-state index is -3.49. The molecular weight excluding hydrogens is 360 g/mol. The van der Waals surface area contributed by atoms with Crippen LogP contribution < -0.4 is 5.32 Å². The fraction of sp³-hybridized carbons (Fsp3) is 0.381. The first-order valence-electron chi connectivity index (χ1n) is 9.07. The maximum atomic E-state index is 12.6. The van der Waals surface area contributed by atoms with Crippen LogP contribution in [0.25, 0.3) is 0 Å². The Balaban J connectivity index is 2.11. The molecule has 6 heteroatoms. The lowest BCUT2D eigenvalue weighted by atomic mass is 9.98. The molecule has 0 radical (unpaired) electrons. The largest absolute Gasteiger partial charge is 0.324 e. The van der Waals surface area contributed by atoms with E-state index in [9.17, 15) is 13.2 Å². The fourth-order valence-electron chi connectivity index (χ4n) is 2.94. The lowest BCUT2D eigenvalue weighted by Gasteiger charge is -2.21. The highest BCUT2D eigenvalue weighted by Crippen LogP contribution is 2.27. The molecule has 0 unspecified atom stereocenters. The Kier molecular flexibility index (Phi) is 7.16. The number of carbonyl (C=O) groups excluding carboxylic acids is 1. The zero-order valence-electron chi connectivity index (χ0n) is 16.4. The summed E-state index contributed by atoms with van der Waals surface area (Å²) in [5.74, 6) is -0.0750. The van der Waals surface area contributed by atoms with Gasteiger partial charge in [0.25, 0.3) is 0 Å². The van der Waals surface area contributed by atoms with Gasteiger partial charge in [-0.25, -0.2) is 8.42 Å². The second-order valence-electron chi connectivity index (χ2n) is 7.07. The molecule has 0 aliphatic heterocycles. The summed E-state index contributed by atoms with van der Waals surface area (Å²) in [6.07, 6.45) is 1.70. The number of para-hydroxylation sites is 1. The molecule has 2 aromatic rings. The molecule has 0 saturated heterocycles. The quantitative estimate of drug-likeness (QED) is 0.752. The Labute approximate surface area is 162 Å². The number of hydrogen-bond acceptors (Lipinski definition) is 3. The average molecular weight is 389 g/mol. The van der Waals surface area contributed by atoms with Gasteiger partial charge >= 0.3 is 0 Å². The molecular formula is C21H28N2O3S. The van der Waals surface area contributed by atoms with E-state index in [1.807, 2.05) is 55.5 Å². The van der Waals surface area contributed by atoms with Crippen molar-refractivity contribution in [3.05, 3.63) is 65.2 Å². The molecule has 1 N–H and O–H groups in total. The summed E-state index contributed by atoms with van der Waals surface area (Å²) in [7, 11) is -3.49. The van der Waals surface area contributed by atoms with Gasteiger partial charge in [-0.05, 0) is 36.0 Å². The number of nitrogens with zero attached hydrogens (tertiary/aromatic N) is 1. The summed E-state index contributed by atoms with van der Waals surface area (Å²) in [6.45, 7) is 6.13. The highest BCUT2D eigenvalue weighted by Gasteiger charge is 2.21. The van der Waals surface area contributed by atoms with Crippen molar-refractivity contribution < 1.29 is 13.2 Å². The van der Waals surface area contributed by atoms with Crippen LogP contribution in [0.4, 0.5) is 5.69 Å². The standard InChI is InChI=1S/C21H28N2O3S/c1-16(2)19-12-8-9-17(3)21(19)22-20(24)15-23(27(4,25)26)14-13-18-10-6-5-7-11-18/h5-12,16H,13-15H2,1-4H3,(H,22,24). The van der Waals surface area contributed by atoms with E-state index < -0.39 is 10.0 Å². The van der Waals surface area contributed by atoms with Crippen molar-refractivity contribution in [3.8, 4) is 0 Å². The molecule has 0 aliphatic rings. The normalized spacial score (nSPS) is 11.8. The Bertz CT molecular complexity index is 878. The van der Waals surface area contributed by atoms with E-state index in [1.165, 1.54) is 4.31 Å². The molecule has 5 nitrogen and oxygen atoms in total. The topological polar surface area (TPSA) is 66.5 Å². The Morgan fingerprint density at radius 1 is 1.07 bits per heavy atom. The first kappa shape index (κ1) is 21.1. The fourth-order valence-corrected chi connectivity index (χ4v) is 3.72. The molecule has 0 heterocycles. The number of amides is 1. The highest BCUT2D eigenvalue weighted by molar-refractivity contribution is 7.88. The molecule has 0 aromatic heterocycles. The van der Waals surface area contributed by atoms with E-state index in [2.05, 4.69) is 19.2 Å². The third-order valence-electron chi connectivity index (χ3n) is 4.47. The van der Waals surface area contributed by atoms with Gasteiger partial charge in [-0.2, -0.15) is 4.31 Å². The summed E-state index contributed by atoms with van der Waals surface area (Å²) in [6, 6.07) is 15.5. The van der Waals surface area contributed by atoms with Crippen LogP contribution in [0.3, 0.4) is 0 Å². The third kappa shape index (κ3) is 6.19. The van der Waals surface area contributed by atoms with Crippen molar-refractivity contribution in [1.29, 1.82) is 0 Å². The first-order chi connectivity index (χ1) is 12.7. The molecule has 0 fully saturated rings. The van der Waals surface area contributed by atoms with Crippen molar-refractivity contribution in [2.75, 3.05) is 24.7 Å². The van der Waals surface area contributed by atoms with Crippen LogP contribution in [0.2, 0.25) is 0 Å². The Hall–Kier alpha value is -2.18. The molecule has 2 rings (SSSR count). The van der Waals surface area contributed by atoms with Gasteiger partial charge in [0.1, 0.15) is 0 Å². The van der Waals surface area contributed by atoms with E-state index in [-0.39, 0.29) is 24.9 Å². The van der Waals surface area contributed by atoms with Gasteiger partial charge < -0.3 is 5.32 Å². The zero-order chi connectivity index (χ0) is 20.0. The lowest BCUT2D eigenvalue weighted by molar-refractivity contribution is -0.116. The van der Waals surface area contributed by atoms with Gasteiger partial charge in [-0.3, -0.25) is 4.79 Å². The van der Waals surface area contributed by atoms with Crippen LogP contribution in [0, 0.1) is 6.92 Å². The van der Waals surface area contributed by atoms with Gasteiger partial charge in [-0.1, -0.05) is 62.4 Å². The highest BCUT2D eigenvalue weighted by atomic mass is 32.2. The second-order valence-corrected chi connectivity index (χ2v) is 9.06. The Morgan fingerprint density at radius 2 is 1.74 bits per heavy atom. The smallest absolute Gasteiger partial charge is 0.239 e. The number of aryl methyl sites for hydroxylation is 1. The number of anilines is 1. The summed E-state index contributed by atoms with van der Waals surface area (Å²) >= 11 is 0. The molecule has 1 amide bonds. The summed E-state index contributed by atoms with van der Waals surface area (Å²) in [5, 5.41) is 2.92. The van der Waals surface area contributed by atoms with Crippen LogP contribution in [-0.4, -0.2) is 38.0 Å². The van der Waals surface area contributed by atoms with Crippen molar-refractivity contribution in [3.63, 3.8) is 0 Å². The molecule has 0 saturated carbocycles. The Morgan fingerprint density at radius 3 is 2.33 bits per heavy atom. The third-order valence-corrected chi connectivity index (χ3v) is 5.72. The van der Waals surface area contributed by atoms with E-state index in [4.69, 9.17) is 0 Å². The van der Waals surface area contributed by atoms with Gasteiger partial charge in [0.05, 0.1) is 12.8 Å². The van der Waals surface area contributed by atoms with Crippen LogP contribution in [0.15, 0.2) is 48.5 Å². The average Bonchev–Trinajstić information content (AvgIpc) is 2.60. The summed E-state index contributed by atoms with van der Waals surface area (Å²) < 4.78 is 25.5. The molecule has 146 valence electrons. The zero-order valence-corrected chi connectivity index (χ0v) is 17.2. The minimum Gasteiger partial charge on any atom is -0.324 e. The van der Waals surface area contributed by atoms with E-state index in [1.54, 1.807) is 0 Å². The molecule has 0 spiro atoms. The maximum absolute atomic E-state index is 12.6. The molecule has 0 aliphatic carbocycles. The second kappa shape index (κ2) is 9.15. The van der Waals surface area contributed by atoms with Crippen molar-refractivity contribution in [2.45, 2.75) is 33.1 Å². The molecule has 27 heavy (non-hydrogen) atoms. The summed E-state index contributed by atoms with van der Waals surface area (Å²) in [5.41, 5.74) is 3.81. The van der Waals surface area contributed by atoms with Crippen LogP contribution >= 0.6 is 0 Å². The predicted molar refractivity (Wildman–Crippen MR) is 110 cm³/mol. The predicted octanol–water partition coefficient (Wildman–Crippen LogP) is 3.56. The number of nitrogens with one attached hydrogen (secondary N) is 1. The van der Waals surface area contributed by atoms with Crippen molar-refractivity contribution in [2.24, 2.45) is 0 Å². The van der Waals surface area contributed by atoms with Crippen LogP contribution in [-0.2, 0) is 21.2 Å². The number of carbonyl (C=O) groups is 1. The molecule has 2 aromatic carbocycles. The number of benzene rings is 2.